The van der Waals surface area contributed by atoms with Crippen molar-refractivity contribution in [2.24, 2.45) is 17.6 Å². The molecular formula is C18H25ClN2O3S. The van der Waals surface area contributed by atoms with Gasteiger partial charge in [-0.15, -0.1) is 0 Å². The summed E-state index contributed by atoms with van der Waals surface area (Å²) in [4.78, 5) is 12.5. The van der Waals surface area contributed by atoms with Gasteiger partial charge >= 0.3 is 0 Å². The molecule has 0 aromatic heterocycles. The average Bonchev–Trinajstić information content (AvgIpc) is 2.53. The highest BCUT2D eigenvalue weighted by molar-refractivity contribution is 7.92. The van der Waals surface area contributed by atoms with Crippen LogP contribution in [-0.2, 0) is 14.6 Å². The second-order valence-electron chi connectivity index (χ2n) is 7.26. The van der Waals surface area contributed by atoms with Crippen molar-refractivity contribution in [1.29, 1.82) is 0 Å². The lowest BCUT2D eigenvalue weighted by molar-refractivity contribution is -0.126. The monoisotopic (exact) mass is 384 g/mol. The molecule has 2 aliphatic carbocycles. The number of rotatable bonds is 5. The molecule has 2 atom stereocenters. The highest BCUT2D eigenvalue weighted by Crippen LogP contribution is 2.36. The molecule has 0 radical (unpaired) electrons. The predicted molar refractivity (Wildman–Crippen MR) is 98.1 cm³/mol. The highest BCUT2D eigenvalue weighted by Gasteiger charge is 2.40. The van der Waals surface area contributed by atoms with E-state index in [0.717, 1.165) is 25.7 Å². The molecule has 138 valence electrons. The third-order valence-electron chi connectivity index (χ3n) is 5.48. The summed E-state index contributed by atoms with van der Waals surface area (Å²) in [7, 11) is -3.34. The largest absolute Gasteiger partial charge is 0.356 e. The molecule has 2 fully saturated rings. The first-order chi connectivity index (χ1) is 11.9. The standard InChI is InChI=1S/C18H25ClN2O3S/c19-13-4-3-5-14(10-13)25(23,24)15-8-12(9-15)11-21-18(22)16-6-1-2-7-17(16)20/h3-5,10,12,15-17H,1-2,6-9,11,20H2,(H,21,22)/t12?,15?,16-,17-/m1/s1. The van der Waals surface area contributed by atoms with E-state index in [-0.39, 0.29) is 33.9 Å². The number of nitrogens with one attached hydrogen (secondary N) is 1. The molecular weight excluding hydrogens is 360 g/mol. The van der Waals surface area contributed by atoms with Gasteiger partial charge in [0.15, 0.2) is 9.84 Å². The van der Waals surface area contributed by atoms with Gasteiger partial charge in [-0.05, 0) is 49.8 Å². The van der Waals surface area contributed by atoms with E-state index in [9.17, 15) is 13.2 Å². The molecule has 0 spiro atoms. The first kappa shape index (κ1) is 18.7. The predicted octanol–water partition coefficient (Wildman–Crippen LogP) is 2.53. The summed E-state index contributed by atoms with van der Waals surface area (Å²) in [6, 6.07) is 6.34. The number of carbonyl (C=O) groups excluding carboxylic acids is 1. The Balaban J connectivity index is 1.48. The van der Waals surface area contributed by atoms with Gasteiger partial charge in [0.25, 0.3) is 0 Å². The van der Waals surface area contributed by atoms with Crippen molar-refractivity contribution in [3.05, 3.63) is 29.3 Å². The SMILES string of the molecule is N[C@@H]1CCCC[C@H]1C(=O)NCC1CC(S(=O)(=O)c2cccc(Cl)c2)C1. The Kier molecular flexibility index (Phi) is 5.71. The van der Waals surface area contributed by atoms with Crippen molar-refractivity contribution < 1.29 is 13.2 Å². The first-order valence-corrected chi connectivity index (χ1v) is 10.8. The zero-order valence-corrected chi connectivity index (χ0v) is 15.7. The fraction of sp³-hybridized carbons (Fsp3) is 0.611. The Labute approximate surface area is 154 Å². The summed E-state index contributed by atoms with van der Waals surface area (Å²) < 4.78 is 25.2. The first-order valence-electron chi connectivity index (χ1n) is 8.90. The lowest BCUT2D eigenvalue weighted by Gasteiger charge is -2.35. The van der Waals surface area contributed by atoms with Gasteiger partial charge in [-0.3, -0.25) is 4.79 Å². The molecule has 25 heavy (non-hydrogen) atoms. The Morgan fingerprint density at radius 2 is 1.96 bits per heavy atom. The Morgan fingerprint density at radius 1 is 1.24 bits per heavy atom. The van der Waals surface area contributed by atoms with Crippen LogP contribution in [0.3, 0.4) is 0 Å². The van der Waals surface area contributed by atoms with Crippen molar-refractivity contribution in [3.63, 3.8) is 0 Å². The minimum atomic E-state index is -3.34. The van der Waals surface area contributed by atoms with Gasteiger partial charge in [0, 0.05) is 17.6 Å². The van der Waals surface area contributed by atoms with Crippen LogP contribution in [0.4, 0.5) is 0 Å². The van der Waals surface area contributed by atoms with Crippen LogP contribution in [0.5, 0.6) is 0 Å². The van der Waals surface area contributed by atoms with Gasteiger partial charge in [-0.25, -0.2) is 8.42 Å². The lowest BCUT2D eigenvalue weighted by Crippen LogP contribution is -2.47. The van der Waals surface area contributed by atoms with Crippen LogP contribution in [-0.4, -0.2) is 32.2 Å². The molecule has 3 N–H and O–H groups in total. The zero-order chi connectivity index (χ0) is 18.0. The van der Waals surface area contributed by atoms with E-state index in [1.807, 2.05) is 0 Å². The summed E-state index contributed by atoms with van der Waals surface area (Å²) in [5.74, 6) is 0.135. The number of amides is 1. The van der Waals surface area contributed by atoms with Crippen molar-refractivity contribution in [2.45, 2.75) is 54.7 Å². The number of benzene rings is 1. The molecule has 1 aromatic rings. The normalized spacial score (nSPS) is 29.7. The summed E-state index contributed by atoms with van der Waals surface area (Å²) in [5.41, 5.74) is 6.04. The van der Waals surface area contributed by atoms with E-state index in [2.05, 4.69) is 5.32 Å². The van der Waals surface area contributed by atoms with Crippen LogP contribution in [0.25, 0.3) is 0 Å². The second kappa shape index (κ2) is 7.64. The summed E-state index contributed by atoms with van der Waals surface area (Å²) in [5, 5.41) is 3.01. The van der Waals surface area contributed by atoms with Crippen molar-refractivity contribution in [2.75, 3.05) is 6.54 Å². The van der Waals surface area contributed by atoms with Crippen LogP contribution in [0.2, 0.25) is 5.02 Å². The Bertz CT molecular complexity index is 732. The molecule has 0 aliphatic heterocycles. The second-order valence-corrected chi connectivity index (χ2v) is 9.93. The van der Waals surface area contributed by atoms with Crippen LogP contribution in [0.1, 0.15) is 38.5 Å². The number of nitrogens with two attached hydrogens (primary N) is 1. The molecule has 7 heteroatoms. The molecule has 2 saturated carbocycles. The van der Waals surface area contributed by atoms with E-state index in [1.165, 1.54) is 6.07 Å². The van der Waals surface area contributed by atoms with Gasteiger partial charge in [-0.1, -0.05) is 30.5 Å². The topological polar surface area (TPSA) is 89.3 Å². The smallest absolute Gasteiger partial charge is 0.224 e. The number of hydrogen-bond acceptors (Lipinski definition) is 4. The quantitative estimate of drug-likeness (QED) is 0.816. The molecule has 0 bridgehead atoms. The molecule has 5 nitrogen and oxygen atoms in total. The number of halogens is 1. The lowest BCUT2D eigenvalue weighted by atomic mass is 9.83. The molecule has 1 amide bonds. The van der Waals surface area contributed by atoms with Gasteiger partial charge in [0.05, 0.1) is 16.1 Å². The summed E-state index contributed by atoms with van der Waals surface area (Å²) in [6.07, 6.45) is 5.05. The Morgan fingerprint density at radius 3 is 2.64 bits per heavy atom. The number of sulfone groups is 1. The summed E-state index contributed by atoms with van der Waals surface area (Å²) in [6.45, 7) is 0.531. The fourth-order valence-electron chi connectivity index (χ4n) is 3.79. The fourth-order valence-corrected chi connectivity index (χ4v) is 6.04. The van der Waals surface area contributed by atoms with Crippen LogP contribution in [0, 0.1) is 11.8 Å². The van der Waals surface area contributed by atoms with E-state index in [0.29, 0.717) is 24.4 Å². The Hall–Kier alpha value is -1.11. The van der Waals surface area contributed by atoms with Crippen molar-refractivity contribution in [3.8, 4) is 0 Å². The van der Waals surface area contributed by atoms with Crippen molar-refractivity contribution in [1.82, 2.24) is 5.32 Å². The zero-order valence-electron chi connectivity index (χ0n) is 14.2. The molecule has 2 aliphatic rings. The van der Waals surface area contributed by atoms with Gasteiger partial charge in [0.2, 0.25) is 5.91 Å². The third-order valence-corrected chi connectivity index (χ3v) is 7.89. The average molecular weight is 385 g/mol. The van der Waals surface area contributed by atoms with E-state index >= 15 is 0 Å². The van der Waals surface area contributed by atoms with Crippen LogP contribution >= 0.6 is 11.6 Å². The van der Waals surface area contributed by atoms with Crippen LogP contribution in [0.15, 0.2) is 29.2 Å². The maximum atomic E-state index is 12.6. The highest BCUT2D eigenvalue weighted by atomic mass is 35.5. The molecule has 3 rings (SSSR count). The number of hydrogen-bond donors (Lipinski definition) is 2. The minimum absolute atomic E-state index is 0.0216. The number of carbonyl (C=O) groups is 1. The molecule has 0 unspecified atom stereocenters. The molecule has 0 heterocycles. The van der Waals surface area contributed by atoms with Gasteiger partial charge < -0.3 is 11.1 Å². The molecule has 1 aromatic carbocycles. The van der Waals surface area contributed by atoms with Gasteiger partial charge in [0.1, 0.15) is 0 Å². The maximum Gasteiger partial charge on any atom is 0.224 e. The maximum absolute atomic E-state index is 12.6. The van der Waals surface area contributed by atoms with E-state index in [4.69, 9.17) is 17.3 Å². The van der Waals surface area contributed by atoms with Gasteiger partial charge in [-0.2, -0.15) is 0 Å². The van der Waals surface area contributed by atoms with E-state index in [1.54, 1.807) is 18.2 Å². The molecule has 0 saturated heterocycles. The van der Waals surface area contributed by atoms with Crippen molar-refractivity contribution >= 4 is 27.3 Å². The minimum Gasteiger partial charge on any atom is -0.356 e. The third kappa shape index (κ3) is 4.18. The summed E-state index contributed by atoms with van der Waals surface area (Å²) >= 11 is 5.89. The van der Waals surface area contributed by atoms with E-state index < -0.39 is 9.84 Å². The van der Waals surface area contributed by atoms with Crippen LogP contribution < -0.4 is 11.1 Å².